The predicted molar refractivity (Wildman–Crippen MR) is 71.4 cm³/mol. The normalized spacial score (nSPS) is 11.4. The second-order valence-corrected chi connectivity index (χ2v) is 4.05. The van der Waals surface area contributed by atoms with E-state index in [-0.39, 0.29) is 0 Å². The van der Waals surface area contributed by atoms with Crippen LogP contribution in [0.3, 0.4) is 0 Å². The molecule has 0 aliphatic rings. The zero-order valence-electron chi connectivity index (χ0n) is 10.4. The standard InChI is InChI=1S/C14H14N4/c1-11-3-7-13(8-4-11)15-17-18-16-14-9-5-12(2)6-10-14/h3-10H,1-2H3. The molecule has 90 valence electrons. The topological polar surface area (TPSA) is 49.4 Å². The SMILES string of the molecule is Cc1ccc(N=NN=Nc2ccc(C)cc2)cc1. The Hall–Kier alpha value is -2.36. The zero-order chi connectivity index (χ0) is 12.8. The summed E-state index contributed by atoms with van der Waals surface area (Å²) in [7, 11) is 0. The van der Waals surface area contributed by atoms with Crippen LogP contribution in [0.5, 0.6) is 0 Å². The van der Waals surface area contributed by atoms with Gasteiger partial charge in [0, 0.05) is 0 Å². The van der Waals surface area contributed by atoms with Gasteiger partial charge in [0.2, 0.25) is 0 Å². The summed E-state index contributed by atoms with van der Waals surface area (Å²) >= 11 is 0. The fraction of sp³-hybridized carbons (Fsp3) is 0.143. The Labute approximate surface area is 106 Å². The lowest BCUT2D eigenvalue weighted by atomic mass is 10.2. The third kappa shape index (κ3) is 3.59. The van der Waals surface area contributed by atoms with Crippen LogP contribution >= 0.6 is 0 Å². The first kappa shape index (κ1) is 12.1. The summed E-state index contributed by atoms with van der Waals surface area (Å²) in [5.41, 5.74) is 3.91. The largest absolute Gasteiger partial charge is 0.129 e. The van der Waals surface area contributed by atoms with Gasteiger partial charge in [-0.2, -0.15) is 0 Å². The van der Waals surface area contributed by atoms with Crippen LogP contribution in [-0.4, -0.2) is 0 Å². The van der Waals surface area contributed by atoms with Crippen molar-refractivity contribution in [3.63, 3.8) is 0 Å². The fourth-order valence-electron chi connectivity index (χ4n) is 1.37. The van der Waals surface area contributed by atoms with Gasteiger partial charge in [-0.25, -0.2) is 0 Å². The van der Waals surface area contributed by atoms with Crippen LogP contribution in [0.2, 0.25) is 0 Å². The average molecular weight is 238 g/mol. The highest BCUT2D eigenvalue weighted by atomic mass is 15.5. The van der Waals surface area contributed by atoms with Gasteiger partial charge in [-0.15, -0.1) is 10.2 Å². The highest BCUT2D eigenvalue weighted by Crippen LogP contribution is 2.15. The zero-order valence-corrected chi connectivity index (χ0v) is 10.4. The van der Waals surface area contributed by atoms with Crippen LogP contribution in [0.15, 0.2) is 69.2 Å². The molecule has 4 heteroatoms. The van der Waals surface area contributed by atoms with Gasteiger partial charge >= 0.3 is 0 Å². The number of hydrogen-bond donors (Lipinski definition) is 0. The lowest BCUT2D eigenvalue weighted by molar-refractivity contribution is 0.958. The van der Waals surface area contributed by atoms with Crippen LogP contribution in [0, 0.1) is 13.8 Å². The maximum Gasteiger partial charge on any atom is 0.0875 e. The average Bonchev–Trinajstić information content (AvgIpc) is 2.39. The molecule has 0 atom stereocenters. The van der Waals surface area contributed by atoms with Crippen molar-refractivity contribution in [3.8, 4) is 0 Å². The van der Waals surface area contributed by atoms with Gasteiger partial charge in [0.1, 0.15) is 0 Å². The maximum absolute atomic E-state index is 3.94. The molecule has 2 rings (SSSR count). The molecule has 0 radical (unpaired) electrons. The fourth-order valence-corrected chi connectivity index (χ4v) is 1.37. The summed E-state index contributed by atoms with van der Waals surface area (Å²) in [6.07, 6.45) is 0. The highest BCUT2D eigenvalue weighted by Gasteiger charge is 1.89. The van der Waals surface area contributed by atoms with Gasteiger partial charge in [-0.05, 0) is 48.6 Å². The van der Waals surface area contributed by atoms with E-state index >= 15 is 0 Å². The van der Waals surface area contributed by atoms with Gasteiger partial charge in [0.15, 0.2) is 0 Å². The first-order chi connectivity index (χ1) is 8.74. The molecule has 0 amide bonds. The first-order valence-corrected chi connectivity index (χ1v) is 5.69. The number of benzene rings is 2. The van der Waals surface area contributed by atoms with E-state index in [2.05, 4.69) is 20.7 Å². The molecule has 0 aliphatic heterocycles. The third-order valence-corrected chi connectivity index (χ3v) is 2.43. The van der Waals surface area contributed by atoms with Gasteiger partial charge in [0.05, 0.1) is 11.4 Å². The minimum atomic E-state index is 0.767. The highest BCUT2D eigenvalue weighted by molar-refractivity contribution is 5.38. The van der Waals surface area contributed by atoms with E-state index in [1.807, 2.05) is 62.4 Å². The smallest absolute Gasteiger partial charge is 0.0875 e. The summed E-state index contributed by atoms with van der Waals surface area (Å²) in [6, 6.07) is 15.5. The van der Waals surface area contributed by atoms with Crippen molar-refractivity contribution in [2.45, 2.75) is 13.8 Å². The molecular weight excluding hydrogens is 224 g/mol. The number of nitrogens with zero attached hydrogens (tertiary/aromatic N) is 4. The third-order valence-electron chi connectivity index (χ3n) is 2.43. The molecule has 0 bridgehead atoms. The van der Waals surface area contributed by atoms with Crippen LogP contribution in [0.25, 0.3) is 0 Å². The molecule has 0 saturated carbocycles. The van der Waals surface area contributed by atoms with Crippen molar-refractivity contribution < 1.29 is 0 Å². The minimum absolute atomic E-state index is 0.767. The van der Waals surface area contributed by atoms with Crippen molar-refractivity contribution >= 4 is 11.4 Å². The monoisotopic (exact) mass is 238 g/mol. The van der Waals surface area contributed by atoms with E-state index in [0.29, 0.717) is 0 Å². The van der Waals surface area contributed by atoms with E-state index in [4.69, 9.17) is 0 Å². The second-order valence-electron chi connectivity index (χ2n) is 4.05. The van der Waals surface area contributed by atoms with Crippen molar-refractivity contribution in [3.05, 3.63) is 59.7 Å². The Morgan fingerprint density at radius 1 is 0.556 bits per heavy atom. The molecule has 0 spiro atoms. The second kappa shape index (κ2) is 5.82. The molecule has 0 aliphatic carbocycles. The summed E-state index contributed by atoms with van der Waals surface area (Å²) in [5, 5.41) is 15.2. The van der Waals surface area contributed by atoms with Gasteiger partial charge in [0.25, 0.3) is 0 Å². The Morgan fingerprint density at radius 2 is 0.889 bits per heavy atom. The lowest BCUT2D eigenvalue weighted by Gasteiger charge is -1.92. The molecule has 0 heterocycles. The molecule has 0 unspecified atom stereocenters. The minimum Gasteiger partial charge on any atom is -0.129 e. The Kier molecular flexibility index (Phi) is 3.91. The van der Waals surface area contributed by atoms with Crippen molar-refractivity contribution in [1.29, 1.82) is 0 Å². The quantitative estimate of drug-likeness (QED) is 0.528. The van der Waals surface area contributed by atoms with Crippen molar-refractivity contribution in [2.24, 2.45) is 20.7 Å². The molecular formula is C14H14N4. The number of rotatable bonds is 3. The summed E-state index contributed by atoms with van der Waals surface area (Å²) in [6.45, 7) is 4.05. The van der Waals surface area contributed by atoms with Crippen molar-refractivity contribution in [1.82, 2.24) is 0 Å². The summed E-state index contributed by atoms with van der Waals surface area (Å²) in [5.74, 6) is 0. The molecule has 0 fully saturated rings. The van der Waals surface area contributed by atoms with E-state index in [1.165, 1.54) is 11.1 Å². The molecule has 0 saturated heterocycles. The van der Waals surface area contributed by atoms with Gasteiger partial charge in [-0.3, -0.25) is 0 Å². The van der Waals surface area contributed by atoms with Crippen LogP contribution in [0.4, 0.5) is 11.4 Å². The van der Waals surface area contributed by atoms with Crippen molar-refractivity contribution in [2.75, 3.05) is 0 Å². The van der Waals surface area contributed by atoms with E-state index in [1.54, 1.807) is 0 Å². The Morgan fingerprint density at radius 3 is 1.22 bits per heavy atom. The van der Waals surface area contributed by atoms with E-state index in [9.17, 15) is 0 Å². The Balaban J connectivity index is 1.98. The number of aryl methyl sites for hydroxylation is 2. The van der Waals surface area contributed by atoms with Gasteiger partial charge in [-0.1, -0.05) is 35.4 Å². The van der Waals surface area contributed by atoms with Crippen LogP contribution in [-0.2, 0) is 0 Å². The lowest BCUT2D eigenvalue weighted by Crippen LogP contribution is -1.68. The molecule has 0 N–H and O–H groups in total. The van der Waals surface area contributed by atoms with E-state index < -0.39 is 0 Å². The summed E-state index contributed by atoms with van der Waals surface area (Å²) < 4.78 is 0. The molecule has 2 aromatic carbocycles. The molecule has 4 nitrogen and oxygen atoms in total. The van der Waals surface area contributed by atoms with Gasteiger partial charge < -0.3 is 0 Å². The molecule has 2 aromatic rings. The van der Waals surface area contributed by atoms with Crippen LogP contribution < -0.4 is 0 Å². The molecule has 0 aromatic heterocycles. The summed E-state index contributed by atoms with van der Waals surface area (Å²) in [4.78, 5) is 0. The Bertz CT molecular complexity index is 500. The molecule has 18 heavy (non-hydrogen) atoms. The predicted octanol–water partition coefficient (Wildman–Crippen LogP) is 5.09. The maximum atomic E-state index is 3.94. The first-order valence-electron chi connectivity index (χ1n) is 5.69. The van der Waals surface area contributed by atoms with E-state index in [0.717, 1.165) is 11.4 Å². The van der Waals surface area contributed by atoms with Crippen LogP contribution in [0.1, 0.15) is 11.1 Å². The number of hydrogen-bond acceptors (Lipinski definition) is 2.